The smallest absolute Gasteiger partial charge is 0.256 e. The van der Waals surface area contributed by atoms with Gasteiger partial charge in [-0.25, -0.2) is 9.50 Å². The molecule has 1 aromatic carbocycles. The molecular formula is C24H25N5O3. The first-order chi connectivity index (χ1) is 15.6. The van der Waals surface area contributed by atoms with Crippen molar-refractivity contribution in [1.29, 1.82) is 0 Å². The third-order valence-corrected chi connectivity index (χ3v) is 5.14. The minimum Gasteiger partial charge on any atom is -0.497 e. The molecule has 4 rings (SSSR count). The first-order valence-electron chi connectivity index (χ1n) is 10.3. The van der Waals surface area contributed by atoms with Gasteiger partial charge in [0.15, 0.2) is 11.5 Å². The maximum Gasteiger partial charge on any atom is 0.256 e. The predicted molar refractivity (Wildman–Crippen MR) is 125 cm³/mol. The van der Waals surface area contributed by atoms with Gasteiger partial charge in [-0.05, 0) is 36.4 Å². The number of benzene rings is 1. The summed E-state index contributed by atoms with van der Waals surface area (Å²) in [6.45, 7) is 10.6. The van der Waals surface area contributed by atoms with E-state index in [0.717, 1.165) is 24.4 Å². The molecule has 8 heteroatoms. The van der Waals surface area contributed by atoms with Gasteiger partial charge in [-0.2, -0.15) is 5.10 Å². The summed E-state index contributed by atoms with van der Waals surface area (Å²) in [4.78, 5) is 19.5. The Labute approximate surface area is 186 Å². The third kappa shape index (κ3) is 4.70. The fourth-order valence-corrected chi connectivity index (χ4v) is 3.42. The number of anilines is 2. The van der Waals surface area contributed by atoms with Crippen LogP contribution in [0.1, 0.15) is 16.1 Å². The van der Waals surface area contributed by atoms with Crippen LogP contribution in [0.25, 0.3) is 11.2 Å². The van der Waals surface area contributed by atoms with Gasteiger partial charge >= 0.3 is 0 Å². The van der Waals surface area contributed by atoms with Crippen molar-refractivity contribution in [1.82, 2.24) is 14.6 Å². The summed E-state index contributed by atoms with van der Waals surface area (Å²) in [5.74, 6) is 0.688. The van der Waals surface area contributed by atoms with Crippen molar-refractivity contribution in [2.24, 2.45) is 0 Å². The van der Waals surface area contributed by atoms with Crippen LogP contribution in [0.5, 0.6) is 0 Å². The number of amides is 1. The van der Waals surface area contributed by atoms with E-state index in [0.29, 0.717) is 41.7 Å². The van der Waals surface area contributed by atoms with Crippen molar-refractivity contribution in [3.8, 4) is 0 Å². The number of fused-ring (bicyclic) bond motifs is 1. The van der Waals surface area contributed by atoms with Gasteiger partial charge in [0.1, 0.15) is 5.76 Å². The van der Waals surface area contributed by atoms with E-state index in [2.05, 4.69) is 33.5 Å². The molecule has 1 aliphatic heterocycles. The number of carbonyl (C=O) groups excluding carboxylic acids is 1. The van der Waals surface area contributed by atoms with Crippen molar-refractivity contribution in [2.75, 3.05) is 43.6 Å². The van der Waals surface area contributed by atoms with Crippen LogP contribution in [0.3, 0.4) is 0 Å². The number of rotatable bonds is 7. The number of ether oxygens (including phenoxy) is 2. The minimum absolute atomic E-state index is 0.230. The summed E-state index contributed by atoms with van der Waals surface area (Å²) < 4.78 is 12.1. The molecule has 0 atom stereocenters. The molecule has 0 unspecified atom stereocenters. The number of nitrogens with one attached hydrogen (secondary N) is 1. The van der Waals surface area contributed by atoms with E-state index in [-0.39, 0.29) is 5.91 Å². The monoisotopic (exact) mass is 431 g/mol. The largest absolute Gasteiger partial charge is 0.497 e. The Morgan fingerprint density at radius 1 is 1.25 bits per heavy atom. The predicted octanol–water partition coefficient (Wildman–Crippen LogP) is 3.55. The third-order valence-electron chi connectivity index (χ3n) is 5.14. The van der Waals surface area contributed by atoms with Crippen molar-refractivity contribution in [3.63, 3.8) is 0 Å². The lowest BCUT2D eigenvalue weighted by atomic mass is 10.1. The van der Waals surface area contributed by atoms with Crippen LogP contribution in [0.15, 0.2) is 73.7 Å². The molecule has 32 heavy (non-hydrogen) atoms. The average Bonchev–Trinajstić information content (AvgIpc) is 3.24. The average molecular weight is 431 g/mol. The van der Waals surface area contributed by atoms with Crippen LogP contribution >= 0.6 is 0 Å². The van der Waals surface area contributed by atoms with Crippen molar-refractivity contribution >= 4 is 28.6 Å². The number of hydrogen-bond acceptors (Lipinski definition) is 6. The van der Waals surface area contributed by atoms with Crippen LogP contribution in [-0.4, -0.2) is 53.9 Å². The van der Waals surface area contributed by atoms with Crippen LogP contribution in [0.4, 0.5) is 11.5 Å². The second-order valence-electron chi connectivity index (χ2n) is 7.23. The molecule has 164 valence electrons. The molecule has 0 bridgehead atoms. The number of carbonyl (C=O) groups is 1. The van der Waals surface area contributed by atoms with E-state index in [9.17, 15) is 4.79 Å². The molecule has 0 saturated carbocycles. The zero-order valence-electron chi connectivity index (χ0n) is 18.0. The molecule has 0 spiro atoms. The zero-order valence-corrected chi connectivity index (χ0v) is 18.0. The maximum atomic E-state index is 12.8. The summed E-state index contributed by atoms with van der Waals surface area (Å²) >= 11 is 0. The van der Waals surface area contributed by atoms with Crippen LogP contribution in [0.2, 0.25) is 0 Å². The Hall–Kier alpha value is -3.91. The van der Waals surface area contributed by atoms with E-state index in [1.165, 1.54) is 0 Å². The second kappa shape index (κ2) is 9.49. The Balaban J connectivity index is 1.53. The maximum absolute atomic E-state index is 12.8. The molecule has 8 nitrogen and oxygen atoms in total. The molecule has 1 fully saturated rings. The highest BCUT2D eigenvalue weighted by Crippen LogP contribution is 2.20. The molecule has 1 amide bonds. The van der Waals surface area contributed by atoms with Gasteiger partial charge in [-0.1, -0.05) is 25.3 Å². The highest BCUT2D eigenvalue weighted by molar-refractivity contribution is 6.04. The van der Waals surface area contributed by atoms with Gasteiger partial charge in [0.25, 0.3) is 5.91 Å². The zero-order chi connectivity index (χ0) is 22.5. The fraction of sp³-hybridized carbons (Fsp3) is 0.208. The summed E-state index contributed by atoms with van der Waals surface area (Å²) in [6, 6.07) is 11.2. The Morgan fingerprint density at radius 2 is 2.06 bits per heavy atom. The summed E-state index contributed by atoms with van der Waals surface area (Å²) in [5.41, 5.74) is 3.62. The first-order valence-corrected chi connectivity index (χ1v) is 10.3. The lowest BCUT2D eigenvalue weighted by Crippen LogP contribution is -2.36. The van der Waals surface area contributed by atoms with Gasteiger partial charge in [0.05, 0.1) is 32.2 Å². The highest BCUT2D eigenvalue weighted by Gasteiger charge is 2.15. The number of hydrogen-bond donors (Lipinski definition) is 1. The van der Waals surface area contributed by atoms with E-state index in [1.54, 1.807) is 36.0 Å². The highest BCUT2D eigenvalue weighted by atomic mass is 16.5. The number of nitrogens with zero attached hydrogens (tertiary/aromatic N) is 4. The Kier molecular flexibility index (Phi) is 6.32. The van der Waals surface area contributed by atoms with Crippen LogP contribution in [-0.2, 0) is 9.47 Å². The molecule has 3 aromatic rings. The molecule has 2 aromatic heterocycles. The second-order valence-corrected chi connectivity index (χ2v) is 7.23. The van der Waals surface area contributed by atoms with E-state index < -0.39 is 0 Å². The Bertz CT molecular complexity index is 1190. The minimum atomic E-state index is -0.230. The number of morpholine rings is 1. The fourth-order valence-electron chi connectivity index (χ4n) is 3.42. The lowest BCUT2D eigenvalue weighted by molar-refractivity contribution is 0.102. The molecule has 0 radical (unpaired) electrons. The van der Waals surface area contributed by atoms with Gasteiger partial charge < -0.3 is 19.7 Å². The topological polar surface area (TPSA) is 81.0 Å². The van der Waals surface area contributed by atoms with E-state index >= 15 is 0 Å². The Morgan fingerprint density at radius 3 is 2.81 bits per heavy atom. The quantitative estimate of drug-likeness (QED) is 0.455. The van der Waals surface area contributed by atoms with Crippen LogP contribution < -0.4 is 10.2 Å². The number of methoxy groups -OCH3 is 1. The van der Waals surface area contributed by atoms with Crippen molar-refractivity contribution in [2.45, 2.75) is 0 Å². The number of allylic oxidation sites excluding steroid dienone is 3. The summed E-state index contributed by atoms with van der Waals surface area (Å²) in [6.07, 6.45) is 5.11. The molecule has 0 aliphatic carbocycles. The first kappa shape index (κ1) is 21.3. The van der Waals surface area contributed by atoms with Crippen molar-refractivity contribution in [3.05, 3.63) is 84.9 Å². The van der Waals surface area contributed by atoms with Gasteiger partial charge in [0.2, 0.25) is 0 Å². The summed E-state index contributed by atoms with van der Waals surface area (Å²) in [5, 5.41) is 7.42. The van der Waals surface area contributed by atoms with Gasteiger partial charge in [-0.15, -0.1) is 0 Å². The normalized spacial score (nSPS) is 14.3. The van der Waals surface area contributed by atoms with Gasteiger partial charge in [-0.3, -0.25) is 4.79 Å². The number of aromatic nitrogens is 3. The van der Waals surface area contributed by atoms with Gasteiger partial charge in [0, 0.05) is 29.9 Å². The number of imidazole rings is 1. The molecule has 3 heterocycles. The standard InChI is InChI=1S/C24H25N5O3/c1-4-18(14-17(2)31-3)21-8-9-23-25-22(16-29(23)27-21)26-24(30)19-6-5-7-20(15-19)28-10-12-32-13-11-28/h4-9,14-16H,1-2,10-13H2,3H3,(H,26,30)/b18-14+. The van der Waals surface area contributed by atoms with Crippen LogP contribution in [0, 0.1) is 0 Å². The SMILES string of the molecule is C=C/C(=C\C(=C)OC)c1ccc2nc(NC(=O)c3cccc(N4CCOCC4)c3)cn2n1. The molecular weight excluding hydrogens is 406 g/mol. The summed E-state index contributed by atoms with van der Waals surface area (Å²) in [7, 11) is 1.55. The molecule has 1 aliphatic rings. The van der Waals surface area contributed by atoms with E-state index in [1.807, 2.05) is 30.3 Å². The van der Waals surface area contributed by atoms with E-state index in [4.69, 9.17) is 9.47 Å². The lowest BCUT2D eigenvalue weighted by Gasteiger charge is -2.29. The molecule has 1 saturated heterocycles. The van der Waals surface area contributed by atoms with Crippen molar-refractivity contribution < 1.29 is 14.3 Å². The molecule has 1 N–H and O–H groups in total.